The molecule has 4 rings (SSSR count). The molecule has 0 bridgehead atoms. The van der Waals surface area contributed by atoms with Gasteiger partial charge in [-0.2, -0.15) is 13.2 Å². The molecule has 0 unspecified atom stereocenters. The zero-order valence-corrected chi connectivity index (χ0v) is 25.5. The van der Waals surface area contributed by atoms with Crippen LogP contribution in [0.2, 0.25) is 5.02 Å². The molecule has 1 amide bonds. The first-order valence-corrected chi connectivity index (χ1v) is 13.4. The van der Waals surface area contributed by atoms with Gasteiger partial charge in [-0.25, -0.2) is 0 Å². The average Bonchev–Trinajstić information content (AvgIpc) is 2.92. The summed E-state index contributed by atoms with van der Waals surface area (Å²) in [4.78, 5) is 20.0. The highest BCUT2D eigenvalue weighted by atomic mass is 35.5. The zero-order valence-electron chi connectivity index (χ0n) is 23.1. The molecule has 2 aromatic rings. The topological polar surface area (TPSA) is 54.5 Å². The van der Waals surface area contributed by atoms with E-state index < -0.39 is 17.6 Å². The van der Waals surface area contributed by atoms with E-state index in [-0.39, 0.29) is 48.3 Å². The minimum Gasteiger partial charge on any atom is -0.497 e. The molecule has 2 fully saturated rings. The third-order valence-corrected chi connectivity index (χ3v) is 7.49. The predicted octanol–water partition coefficient (Wildman–Crippen LogP) is 4.93. The molecule has 7 nitrogen and oxygen atoms in total. The molecule has 0 N–H and O–H groups in total. The number of hydrogen-bond donors (Lipinski definition) is 0. The van der Waals surface area contributed by atoms with Crippen LogP contribution in [0.15, 0.2) is 42.5 Å². The van der Waals surface area contributed by atoms with Gasteiger partial charge in [0.15, 0.2) is 0 Å². The molecule has 0 saturated carbocycles. The molecule has 0 radical (unpaired) electrons. The van der Waals surface area contributed by atoms with Gasteiger partial charge in [-0.05, 0) is 42.3 Å². The Labute approximate surface area is 256 Å². The predicted molar refractivity (Wildman–Crippen MR) is 157 cm³/mol. The maximum absolute atomic E-state index is 13.6. The van der Waals surface area contributed by atoms with Crippen molar-refractivity contribution in [2.45, 2.75) is 24.7 Å². The number of rotatable bonds is 9. The van der Waals surface area contributed by atoms with Crippen molar-refractivity contribution >= 4 is 42.3 Å². The first-order chi connectivity index (χ1) is 18.7. The lowest BCUT2D eigenvalue weighted by molar-refractivity contribution is -0.137. The van der Waals surface area contributed by atoms with Gasteiger partial charge < -0.3 is 19.1 Å². The standard InChI is InChI=1S/C28H35ClF3N3O4.2ClH/c1-37-19-26-18-34(11-12-39-26)8-7-33-9-10-35(24(17-33)13-20-3-5-23(29)6-4-20)27(36)21-14-22(28(30,31)32)16-25(15-21)38-2;;/h3-6,14-16,24,26H,7-13,17-19H2,1-2H3;2*1H/t24-,26+;;/m1../s1. The van der Waals surface area contributed by atoms with Crippen molar-refractivity contribution in [1.82, 2.24) is 14.7 Å². The molecule has 2 aliphatic heterocycles. The van der Waals surface area contributed by atoms with Crippen molar-refractivity contribution in [3.8, 4) is 5.75 Å². The SMILES string of the molecule is COC[C@@H]1CN(CCN2CCN(C(=O)c3cc(OC)cc(C(F)(F)F)c3)[C@H](Cc3ccc(Cl)cc3)C2)CCO1.Cl.Cl. The molecule has 2 aliphatic rings. The third-order valence-electron chi connectivity index (χ3n) is 7.24. The van der Waals surface area contributed by atoms with Crippen LogP contribution in [0.4, 0.5) is 13.2 Å². The highest BCUT2D eigenvalue weighted by molar-refractivity contribution is 6.30. The Morgan fingerprint density at radius 3 is 2.32 bits per heavy atom. The summed E-state index contributed by atoms with van der Waals surface area (Å²) in [5.74, 6) is -0.438. The third kappa shape index (κ3) is 9.88. The number of halogens is 6. The van der Waals surface area contributed by atoms with E-state index in [4.69, 9.17) is 25.8 Å². The Kier molecular flexibility index (Phi) is 14.0. The summed E-state index contributed by atoms with van der Waals surface area (Å²) in [6.07, 6.45) is -3.98. The van der Waals surface area contributed by atoms with Gasteiger partial charge in [0.25, 0.3) is 5.91 Å². The fourth-order valence-corrected chi connectivity index (χ4v) is 5.31. The van der Waals surface area contributed by atoms with Crippen molar-refractivity contribution in [2.75, 3.05) is 73.2 Å². The number of amides is 1. The fourth-order valence-electron chi connectivity index (χ4n) is 5.18. The molecule has 0 spiro atoms. The highest BCUT2D eigenvalue weighted by Crippen LogP contribution is 2.33. The Morgan fingerprint density at radius 2 is 1.68 bits per heavy atom. The number of carbonyl (C=O) groups excluding carboxylic acids is 1. The van der Waals surface area contributed by atoms with Crippen LogP contribution in [0.5, 0.6) is 5.75 Å². The molecule has 41 heavy (non-hydrogen) atoms. The van der Waals surface area contributed by atoms with Gasteiger partial charge in [0.05, 0.1) is 32.0 Å². The average molecular weight is 643 g/mol. The van der Waals surface area contributed by atoms with Crippen LogP contribution in [0, 0.1) is 0 Å². The molecule has 2 aromatic carbocycles. The van der Waals surface area contributed by atoms with Crippen molar-refractivity contribution < 1.29 is 32.2 Å². The lowest BCUT2D eigenvalue weighted by Crippen LogP contribution is -2.57. The number of piperazine rings is 1. The van der Waals surface area contributed by atoms with E-state index in [1.165, 1.54) is 13.2 Å². The van der Waals surface area contributed by atoms with E-state index in [9.17, 15) is 18.0 Å². The molecule has 13 heteroatoms. The van der Waals surface area contributed by atoms with Crippen molar-refractivity contribution in [2.24, 2.45) is 0 Å². The van der Waals surface area contributed by atoms with Crippen LogP contribution in [-0.2, 0) is 22.1 Å². The summed E-state index contributed by atoms with van der Waals surface area (Å²) in [6.45, 7) is 6.19. The van der Waals surface area contributed by atoms with E-state index in [1.807, 2.05) is 12.1 Å². The number of nitrogens with zero attached hydrogens (tertiary/aromatic N) is 3. The summed E-state index contributed by atoms with van der Waals surface area (Å²) in [6, 6.07) is 10.4. The van der Waals surface area contributed by atoms with Crippen LogP contribution >= 0.6 is 36.4 Å². The number of hydrogen-bond acceptors (Lipinski definition) is 6. The second-order valence-corrected chi connectivity index (χ2v) is 10.4. The quantitative estimate of drug-likeness (QED) is 0.387. The van der Waals surface area contributed by atoms with Gasteiger partial charge in [-0.1, -0.05) is 23.7 Å². The highest BCUT2D eigenvalue weighted by Gasteiger charge is 2.35. The first-order valence-electron chi connectivity index (χ1n) is 13.0. The first kappa shape index (κ1) is 35.4. The van der Waals surface area contributed by atoms with Crippen LogP contribution in [0.3, 0.4) is 0 Å². The molecular formula is C28H37Cl3F3N3O4. The molecule has 0 aromatic heterocycles. The number of benzene rings is 2. The van der Waals surface area contributed by atoms with Crippen molar-refractivity contribution in [3.63, 3.8) is 0 Å². The number of methoxy groups -OCH3 is 2. The Balaban J connectivity index is 0.00000294. The second-order valence-electron chi connectivity index (χ2n) is 9.98. The van der Waals surface area contributed by atoms with E-state index in [0.29, 0.717) is 44.3 Å². The van der Waals surface area contributed by atoms with Gasteiger partial charge in [-0.15, -0.1) is 24.8 Å². The number of carbonyl (C=O) groups is 1. The molecule has 2 heterocycles. The Hall–Kier alpha value is -1.79. The Bertz CT molecular complexity index is 1110. The van der Waals surface area contributed by atoms with Gasteiger partial charge in [0, 0.05) is 69.6 Å². The van der Waals surface area contributed by atoms with E-state index in [0.717, 1.165) is 43.9 Å². The second kappa shape index (κ2) is 16.2. The number of alkyl halides is 3. The normalized spacial score (nSPS) is 20.2. The molecule has 230 valence electrons. The maximum atomic E-state index is 13.6. The van der Waals surface area contributed by atoms with Crippen LogP contribution in [-0.4, -0.2) is 106 Å². The Morgan fingerprint density at radius 1 is 1.00 bits per heavy atom. The molecule has 2 atom stereocenters. The minimum absolute atomic E-state index is 0. The van der Waals surface area contributed by atoms with Crippen molar-refractivity contribution in [1.29, 1.82) is 0 Å². The maximum Gasteiger partial charge on any atom is 0.416 e. The van der Waals surface area contributed by atoms with Crippen molar-refractivity contribution in [3.05, 3.63) is 64.2 Å². The van der Waals surface area contributed by atoms with Gasteiger partial charge in [0.2, 0.25) is 0 Å². The number of morpholine rings is 1. The summed E-state index contributed by atoms with van der Waals surface area (Å²) in [5, 5.41) is 0.616. The van der Waals surface area contributed by atoms with E-state index in [1.54, 1.807) is 24.1 Å². The van der Waals surface area contributed by atoms with E-state index in [2.05, 4.69) is 9.80 Å². The summed E-state index contributed by atoms with van der Waals surface area (Å²) < 4.78 is 56.6. The number of ether oxygens (including phenoxy) is 3. The van der Waals surface area contributed by atoms with Gasteiger partial charge >= 0.3 is 6.18 Å². The van der Waals surface area contributed by atoms with Crippen LogP contribution < -0.4 is 4.74 Å². The minimum atomic E-state index is -4.59. The molecule has 2 saturated heterocycles. The van der Waals surface area contributed by atoms with Gasteiger partial charge in [0.1, 0.15) is 5.75 Å². The lowest BCUT2D eigenvalue weighted by atomic mass is 10.00. The van der Waals surface area contributed by atoms with Crippen LogP contribution in [0.25, 0.3) is 0 Å². The smallest absolute Gasteiger partial charge is 0.416 e. The largest absolute Gasteiger partial charge is 0.497 e. The molecular weight excluding hydrogens is 606 g/mol. The molecule has 0 aliphatic carbocycles. The summed E-state index contributed by atoms with van der Waals surface area (Å²) in [7, 11) is 2.96. The van der Waals surface area contributed by atoms with Crippen LogP contribution in [0.1, 0.15) is 21.5 Å². The zero-order chi connectivity index (χ0) is 28.0. The van der Waals surface area contributed by atoms with E-state index >= 15 is 0 Å². The monoisotopic (exact) mass is 641 g/mol. The summed E-state index contributed by atoms with van der Waals surface area (Å²) >= 11 is 6.06. The summed E-state index contributed by atoms with van der Waals surface area (Å²) in [5.41, 5.74) is 0.0605. The lowest BCUT2D eigenvalue weighted by Gasteiger charge is -2.42. The fraction of sp³-hybridized carbons (Fsp3) is 0.536. The van der Waals surface area contributed by atoms with Gasteiger partial charge in [-0.3, -0.25) is 14.6 Å².